The number of piperidine rings is 1. The molecule has 0 bridgehead atoms. The van der Waals surface area contributed by atoms with Crippen LogP contribution in [0.15, 0.2) is 36.8 Å². The molecule has 1 amide bonds. The molecule has 27 heavy (non-hydrogen) atoms. The van der Waals surface area contributed by atoms with Crippen molar-refractivity contribution >= 4 is 5.91 Å². The summed E-state index contributed by atoms with van der Waals surface area (Å²) in [5, 5.41) is 3.13. The maximum Gasteiger partial charge on any atom is 0.270 e. The number of likely N-dealkylation sites (tertiary alicyclic amines) is 1. The number of nitrogens with zero attached hydrogens (tertiary/aromatic N) is 3. The van der Waals surface area contributed by atoms with E-state index in [9.17, 15) is 9.18 Å². The molecule has 144 valence electrons. The van der Waals surface area contributed by atoms with Crippen molar-refractivity contribution in [3.05, 3.63) is 48.3 Å². The molecule has 2 saturated heterocycles. The Labute approximate surface area is 158 Å². The fourth-order valence-corrected chi connectivity index (χ4v) is 3.88. The van der Waals surface area contributed by atoms with Crippen molar-refractivity contribution < 1.29 is 13.9 Å². The molecule has 6 nitrogen and oxygen atoms in total. The van der Waals surface area contributed by atoms with Crippen LogP contribution in [0.2, 0.25) is 0 Å². The van der Waals surface area contributed by atoms with Crippen LogP contribution in [0.25, 0.3) is 5.69 Å². The number of carbonyl (C=O) groups is 1. The summed E-state index contributed by atoms with van der Waals surface area (Å²) in [5.74, 6) is 0.210. The Morgan fingerprint density at radius 2 is 2.00 bits per heavy atom. The molecular formula is C20H25FN4O2. The lowest BCUT2D eigenvalue weighted by atomic mass is 10.0. The molecule has 1 atom stereocenters. The first-order valence-corrected chi connectivity index (χ1v) is 9.58. The van der Waals surface area contributed by atoms with Crippen molar-refractivity contribution in [2.75, 3.05) is 32.8 Å². The third-order valence-electron chi connectivity index (χ3n) is 5.44. The van der Waals surface area contributed by atoms with Gasteiger partial charge in [-0.15, -0.1) is 0 Å². The molecule has 0 saturated carbocycles. The average molecular weight is 372 g/mol. The van der Waals surface area contributed by atoms with E-state index in [-0.39, 0.29) is 17.8 Å². The molecule has 1 aromatic heterocycles. The first kappa shape index (κ1) is 18.1. The summed E-state index contributed by atoms with van der Waals surface area (Å²) in [6.07, 6.45) is 6.18. The van der Waals surface area contributed by atoms with Crippen molar-refractivity contribution in [2.45, 2.75) is 25.3 Å². The van der Waals surface area contributed by atoms with Gasteiger partial charge >= 0.3 is 0 Å². The second-order valence-corrected chi connectivity index (χ2v) is 7.40. The van der Waals surface area contributed by atoms with Gasteiger partial charge in [-0.1, -0.05) is 0 Å². The van der Waals surface area contributed by atoms with Crippen LogP contribution in [0.3, 0.4) is 0 Å². The molecule has 0 aliphatic carbocycles. The van der Waals surface area contributed by atoms with E-state index in [1.807, 2.05) is 0 Å². The van der Waals surface area contributed by atoms with Crippen molar-refractivity contribution in [1.82, 2.24) is 19.8 Å². The molecule has 0 radical (unpaired) electrons. The summed E-state index contributed by atoms with van der Waals surface area (Å²) in [6, 6.07) is 6.20. The topological polar surface area (TPSA) is 59.4 Å². The normalized spacial score (nSPS) is 21.4. The van der Waals surface area contributed by atoms with Gasteiger partial charge in [-0.25, -0.2) is 9.37 Å². The van der Waals surface area contributed by atoms with Gasteiger partial charge in [-0.3, -0.25) is 9.36 Å². The molecule has 2 aromatic rings. The van der Waals surface area contributed by atoms with Gasteiger partial charge in [-0.2, -0.15) is 0 Å². The number of nitrogens with one attached hydrogen (secondary N) is 1. The SMILES string of the molecule is O=C(NC1CCN(C[C@H]2CCOC2)CC1)c1cncn1-c1ccc(F)cc1. The molecule has 2 aliphatic heterocycles. The van der Waals surface area contributed by atoms with E-state index in [4.69, 9.17) is 4.74 Å². The highest BCUT2D eigenvalue weighted by atomic mass is 19.1. The highest BCUT2D eigenvalue weighted by Crippen LogP contribution is 2.18. The Hall–Kier alpha value is -2.25. The van der Waals surface area contributed by atoms with E-state index in [2.05, 4.69) is 15.2 Å². The number of hydrogen-bond acceptors (Lipinski definition) is 4. The van der Waals surface area contributed by atoms with Crippen LogP contribution in [0.5, 0.6) is 0 Å². The number of carbonyl (C=O) groups excluding carboxylic acids is 1. The standard InChI is InChI=1S/C20H25FN4O2/c21-16-1-3-18(4-2-16)25-14-22-11-19(25)20(26)23-17-5-8-24(9-6-17)12-15-7-10-27-13-15/h1-4,11,14-15,17H,5-10,12-13H2,(H,23,26)/t15-/m1/s1. The van der Waals surface area contributed by atoms with Crippen LogP contribution < -0.4 is 5.32 Å². The Morgan fingerprint density at radius 3 is 2.70 bits per heavy atom. The summed E-state index contributed by atoms with van der Waals surface area (Å²) in [5.41, 5.74) is 1.18. The van der Waals surface area contributed by atoms with Crippen LogP contribution in [0.4, 0.5) is 4.39 Å². The minimum atomic E-state index is -0.305. The van der Waals surface area contributed by atoms with Gasteiger partial charge in [0.1, 0.15) is 11.5 Å². The third-order valence-corrected chi connectivity index (χ3v) is 5.44. The quantitative estimate of drug-likeness (QED) is 0.875. The first-order valence-electron chi connectivity index (χ1n) is 9.58. The predicted octanol–water partition coefficient (Wildman–Crippen LogP) is 2.24. The van der Waals surface area contributed by atoms with Crippen molar-refractivity contribution in [2.24, 2.45) is 5.92 Å². The Balaban J connectivity index is 1.32. The minimum absolute atomic E-state index is 0.139. The molecule has 0 unspecified atom stereocenters. The van der Waals surface area contributed by atoms with E-state index in [1.165, 1.54) is 12.1 Å². The first-order chi connectivity index (χ1) is 13.2. The second-order valence-electron chi connectivity index (χ2n) is 7.40. The van der Waals surface area contributed by atoms with Gasteiger partial charge in [0.15, 0.2) is 0 Å². The van der Waals surface area contributed by atoms with Crippen LogP contribution in [0, 0.1) is 11.7 Å². The maximum absolute atomic E-state index is 13.1. The largest absolute Gasteiger partial charge is 0.381 e. The Bertz CT molecular complexity index is 763. The predicted molar refractivity (Wildman–Crippen MR) is 99.4 cm³/mol. The number of amides is 1. The highest BCUT2D eigenvalue weighted by Gasteiger charge is 2.25. The summed E-state index contributed by atoms with van der Waals surface area (Å²) in [6.45, 7) is 4.86. The summed E-state index contributed by atoms with van der Waals surface area (Å²) < 4.78 is 20.3. The molecule has 2 fully saturated rings. The number of ether oxygens (including phenoxy) is 1. The van der Waals surface area contributed by atoms with Gasteiger partial charge in [-0.05, 0) is 49.4 Å². The Morgan fingerprint density at radius 1 is 1.22 bits per heavy atom. The molecule has 1 N–H and O–H groups in total. The van der Waals surface area contributed by atoms with Crippen LogP contribution >= 0.6 is 0 Å². The highest BCUT2D eigenvalue weighted by molar-refractivity contribution is 5.93. The summed E-state index contributed by atoms with van der Waals surface area (Å²) >= 11 is 0. The van der Waals surface area contributed by atoms with Gasteiger partial charge in [0.05, 0.1) is 19.1 Å². The summed E-state index contributed by atoms with van der Waals surface area (Å²) in [4.78, 5) is 19.3. The Kier molecular flexibility index (Phi) is 5.50. The lowest BCUT2D eigenvalue weighted by molar-refractivity contribution is 0.0896. The third kappa shape index (κ3) is 4.36. The van der Waals surface area contributed by atoms with Gasteiger partial charge in [0.25, 0.3) is 5.91 Å². The fraction of sp³-hybridized carbons (Fsp3) is 0.500. The van der Waals surface area contributed by atoms with Crippen LogP contribution in [-0.4, -0.2) is 59.2 Å². The number of rotatable bonds is 5. The number of hydrogen-bond donors (Lipinski definition) is 1. The number of aromatic nitrogens is 2. The van der Waals surface area contributed by atoms with E-state index >= 15 is 0 Å². The van der Waals surface area contributed by atoms with Crippen molar-refractivity contribution in [3.8, 4) is 5.69 Å². The molecule has 3 heterocycles. The molecule has 4 rings (SSSR count). The lowest BCUT2D eigenvalue weighted by Crippen LogP contribution is -2.46. The second kappa shape index (κ2) is 8.19. The van der Waals surface area contributed by atoms with E-state index < -0.39 is 0 Å². The van der Waals surface area contributed by atoms with E-state index in [0.29, 0.717) is 17.3 Å². The molecule has 2 aliphatic rings. The lowest BCUT2D eigenvalue weighted by Gasteiger charge is -2.33. The zero-order chi connectivity index (χ0) is 18.6. The zero-order valence-electron chi connectivity index (χ0n) is 15.3. The van der Waals surface area contributed by atoms with Crippen LogP contribution in [0.1, 0.15) is 29.8 Å². The molecule has 0 spiro atoms. The molecule has 7 heteroatoms. The zero-order valence-corrected chi connectivity index (χ0v) is 15.3. The summed E-state index contributed by atoms with van der Waals surface area (Å²) in [7, 11) is 0. The van der Waals surface area contributed by atoms with E-state index in [0.717, 1.165) is 52.1 Å². The van der Waals surface area contributed by atoms with Gasteiger partial charge < -0.3 is 15.0 Å². The smallest absolute Gasteiger partial charge is 0.270 e. The van der Waals surface area contributed by atoms with Gasteiger partial charge in [0.2, 0.25) is 0 Å². The minimum Gasteiger partial charge on any atom is -0.381 e. The number of imidazole rings is 1. The maximum atomic E-state index is 13.1. The van der Waals surface area contributed by atoms with Gasteiger partial charge in [0, 0.05) is 38.0 Å². The monoisotopic (exact) mass is 372 g/mol. The van der Waals surface area contributed by atoms with E-state index in [1.54, 1.807) is 29.2 Å². The fourth-order valence-electron chi connectivity index (χ4n) is 3.88. The average Bonchev–Trinajstić information content (AvgIpc) is 3.36. The number of benzene rings is 1. The van der Waals surface area contributed by atoms with Crippen molar-refractivity contribution in [3.63, 3.8) is 0 Å². The van der Waals surface area contributed by atoms with Crippen LogP contribution in [-0.2, 0) is 4.74 Å². The molecule has 1 aromatic carbocycles. The molecular weight excluding hydrogens is 347 g/mol. The van der Waals surface area contributed by atoms with Crippen molar-refractivity contribution in [1.29, 1.82) is 0 Å². The number of halogens is 1.